The van der Waals surface area contributed by atoms with Gasteiger partial charge in [0.15, 0.2) is 17.3 Å². The molecule has 170 valence electrons. The fourth-order valence-electron chi connectivity index (χ4n) is 4.22. The summed E-state index contributed by atoms with van der Waals surface area (Å²) in [5.74, 6) is -1.20. The number of fused-ring (bicyclic) bond motifs is 1. The van der Waals surface area contributed by atoms with Gasteiger partial charge in [-0.3, -0.25) is 9.59 Å². The van der Waals surface area contributed by atoms with E-state index >= 15 is 0 Å². The molecular weight excluding hydrogens is 430 g/mol. The Labute approximate surface area is 189 Å². The molecular formula is C25H22F2N2O4. The molecule has 6 nitrogen and oxygen atoms in total. The lowest BCUT2D eigenvalue weighted by Gasteiger charge is -2.39. The fraction of sp³-hybridized carbons (Fsp3) is 0.280. The maximum Gasteiger partial charge on any atom is 0.256 e. The molecule has 0 aliphatic carbocycles. The predicted molar refractivity (Wildman–Crippen MR) is 116 cm³/mol. The number of ether oxygens (including phenoxy) is 2. The monoisotopic (exact) mass is 452 g/mol. The highest BCUT2D eigenvalue weighted by atomic mass is 19.1. The van der Waals surface area contributed by atoms with Crippen molar-refractivity contribution in [1.82, 2.24) is 9.47 Å². The highest BCUT2D eigenvalue weighted by Crippen LogP contribution is 2.30. The van der Waals surface area contributed by atoms with Crippen molar-refractivity contribution in [3.8, 4) is 22.8 Å². The lowest BCUT2D eigenvalue weighted by Crippen LogP contribution is -2.52. The molecule has 5 rings (SSSR count). The van der Waals surface area contributed by atoms with Crippen LogP contribution in [0.2, 0.25) is 0 Å². The van der Waals surface area contributed by atoms with Crippen molar-refractivity contribution >= 4 is 11.7 Å². The summed E-state index contributed by atoms with van der Waals surface area (Å²) in [4.78, 5) is 25.8. The molecule has 1 fully saturated rings. The number of rotatable bonds is 5. The van der Waals surface area contributed by atoms with E-state index in [-0.39, 0.29) is 42.6 Å². The third-order valence-electron chi connectivity index (χ3n) is 6.05. The number of Topliss-reactive ketones (excluding diaryl/α,β-unsaturated/α-hetero) is 1. The number of halogens is 2. The number of amides is 1. The number of aromatic nitrogens is 1. The molecule has 3 aromatic rings. The van der Waals surface area contributed by atoms with Gasteiger partial charge in [0.05, 0.1) is 12.2 Å². The molecule has 0 bridgehead atoms. The minimum Gasteiger partial charge on any atom is -0.490 e. The van der Waals surface area contributed by atoms with Crippen molar-refractivity contribution < 1.29 is 27.8 Å². The Bertz CT molecular complexity index is 1250. The maximum absolute atomic E-state index is 14.5. The zero-order valence-electron chi connectivity index (χ0n) is 18.0. The molecule has 8 heteroatoms. The van der Waals surface area contributed by atoms with Crippen molar-refractivity contribution in [2.24, 2.45) is 13.0 Å². The van der Waals surface area contributed by atoms with Crippen LogP contribution in [0.4, 0.5) is 8.78 Å². The number of ketones is 1. The first-order chi connectivity index (χ1) is 15.9. The lowest BCUT2D eigenvalue weighted by atomic mass is 9.97. The van der Waals surface area contributed by atoms with Crippen LogP contribution in [0.3, 0.4) is 0 Å². The van der Waals surface area contributed by atoms with E-state index in [1.54, 1.807) is 12.1 Å². The van der Waals surface area contributed by atoms with Crippen LogP contribution in [0.5, 0.6) is 11.5 Å². The third kappa shape index (κ3) is 4.08. The first-order valence-corrected chi connectivity index (χ1v) is 10.7. The minimum absolute atomic E-state index is 0.0199. The zero-order chi connectivity index (χ0) is 23.1. The number of hydrogen-bond acceptors (Lipinski definition) is 4. The van der Waals surface area contributed by atoms with Crippen molar-refractivity contribution in [3.05, 3.63) is 71.4 Å². The molecule has 0 N–H and O–H groups in total. The lowest BCUT2D eigenvalue weighted by molar-refractivity contribution is -0.121. The van der Waals surface area contributed by atoms with E-state index < -0.39 is 17.5 Å². The van der Waals surface area contributed by atoms with Gasteiger partial charge in [-0.15, -0.1) is 0 Å². The van der Waals surface area contributed by atoms with E-state index in [1.165, 1.54) is 17.0 Å². The highest BCUT2D eigenvalue weighted by molar-refractivity contribution is 5.96. The Balaban J connectivity index is 1.18. The van der Waals surface area contributed by atoms with Gasteiger partial charge in [-0.25, -0.2) is 8.78 Å². The Hall–Kier alpha value is -3.68. The van der Waals surface area contributed by atoms with Crippen LogP contribution >= 0.6 is 0 Å². The van der Waals surface area contributed by atoms with Crippen LogP contribution in [0.25, 0.3) is 11.3 Å². The summed E-state index contributed by atoms with van der Waals surface area (Å²) in [5, 5.41) is 0. The largest absolute Gasteiger partial charge is 0.490 e. The van der Waals surface area contributed by atoms with Crippen LogP contribution in [-0.4, -0.2) is 47.5 Å². The molecule has 2 aromatic carbocycles. The standard InChI is InChI=1S/C25H22F2N2O4/c1-28-6-2-3-22(28)16-4-5-23(21(27)9-16)32-13-15-11-29(12-15)25(31)19-8-17-7-18(30)14-33-24(17)10-20(19)26/h2-6,8-10,15H,7,11-14H2,1H3. The Morgan fingerprint density at radius 1 is 1.15 bits per heavy atom. The van der Waals surface area contributed by atoms with Gasteiger partial charge >= 0.3 is 0 Å². The van der Waals surface area contributed by atoms with Crippen molar-refractivity contribution in [2.45, 2.75) is 6.42 Å². The molecule has 1 aromatic heterocycles. The molecule has 0 spiro atoms. The van der Waals surface area contributed by atoms with E-state index in [9.17, 15) is 18.4 Å². The summed E-state index contributed by atoms with van der Waals surface area (Å²) in [5.41, 5.74) is 2.10. The summed E-state index contributed by atoms with van der Waals surface area (Å²) in [6, 6.07) is 11.2. The normalized spacial score (nSPS) is 15.6. The van der Waals surface area contributed by atoms with Gasteiger partial charge in [-0.05, 0) is 36.4 Å². The molecule has 0 unspecified atom stereocenters. The molecule has 3 heterocycles. The fourth-order valence-corrected chi connectivity index (χ4v) is 4.22. The number of carbonyl (C=O) groups is 2. The summed E-state index contributed by atoms with van der Waals surface area (Å²) in [6.45, 7) is 0.934. The van der Waals surface area contributed by atoms with Gasteiger partial charge in [-0.2, -0.15) is 0 Å². The Morgan fingerprint density at radius 3 is 2.70 bits per heavy atom. The van der Waals surface area contributed by atoms with E-state index in [0.29, 0.717) is 24.4 Å². The van der Waals surface area contributed by atoms with Crippen molar-refractivity contribution in [3.63, 3.8) is 0 Å². The van der Waals surface area contributed by atoms with E-state index in [1.807, 2.05) is 29.9 Å². The third-order valence-corrected chi connectivity index (χ3v) is 6.05. The zero-order valence-corrected chi connectivity index (χ0v) is 18.0. The van der Waals surface area contributed by atoms with Gasteiger partial charge in [0.25, 0.3) is 5.91 Å². The second-order valence-electron chi connectivity index (χ2n) is 8.48. The van der Waals surface area contributed by atoms with Gasteiger partial charge in [0, 0.05) is 61.6 Å². The van der Waals surface area contributed by atoms with E-state index in [2.05, 4.69) is 0 Å². The maximum atomic E-state index is 14.5. The molecule has 0 atom stereocenters. The smallest absolute Gasteiger partial charge is 0.256 e. The minimum atomic E-state index is -0.673. The Kier molecular flexibility index (Phi) is 5.36. The van der Waals surface area contributed by atoms with Crippen LogP contribution < -0.4 is 9.47 Å². The average molecular weight is 452 g/mol. The van der Waals surface area contributed by atoms with Gasteiger partial charge in [0.1, 0.15) is 18.2 Å². The van der Waals surface area contributed by atoms with Gasteiger partial charge < -0.3 is 18.9 Å². The summed E-state index contributed by atoms with van der Waals surface area (Å²) in [7, 11) is 1.89. The van der Waals surface area contributed by atoms with Crippen LogP contribution in [0, 0.1) is 17.6 Å². The number of hydrogen-bond donors (Lipinski definition) is 0. The molecule has 0 saturated carbocycles. The number of nitrogens with zero attached hydrogens (tertiary/aromatic N) is 2. The first-order valence-electron chi connectivity index (χ1n) is 10.7. The van der Waals surface area contributed by atoms with E-state index in [0.717, 1.165) is 17.3 Å². The van der Waals surface area contributed by atoms with E-state index in [4.69, 9.17) is 9.47 Å². The molecule has 0 radical (unpaired) electrons. The summed E-state index contributed by atoms with van der Waals surface area (Å²) >= 11 is 0. The van der Waals surface area contributed by atoms with Crippen molar-refractivity contribution in [1.29, 1.82) is 0 Å². The van der Waals surface area contributed by atoms with Crippen LogP contribution in [0.15, 0.2) is 48.7 Å². The highest BCUT2D eigenvalue weighted by Gasteiger charge is 2.34. The number of aryl methyl sites for hydroxylation is 1. The SMILES string of the molecule is Cn1cccc1-c1ccc(OCC2CN(C(=O)c3cc4c(cc3F)OCC(=O)C4)C2)c(F)c1. The van der Waals surface area contributed by atoms with Gasteiger partial charge in [0.2, 0.25) is 0 Å². The number of benzene rings is 2. The second-order valence-corrected chi connectivity index (χ2v) is 8.48. The molecule has 33 heavy (non-hydrogen) atoms. The summed E-state index contributed by atoms with van der Waals surface area (Å²) in [6.07, 6.45) is 2.02. The van der Waals surface area contributed by atoms with Crippen LogP contribution in [-0.2, 0) is 18.3 Å². The van der Waals surface area contributed by atoms with Crippen molar-refractivity contribution in [2.75, 3.05) is 26.3 Å². The quantitative estimate of drug-likeness (QED) is 0.593. The molecule has 1 amide bonds. The Morgan fingerprint density at radius 2 is 1.97 bits per heavy atom. The summed E-state index contributed by atoms with van der Waals surface area (Å²) < 4.78 is 41.7. The van der Waals surface area contributed by atoms with Gasteiger partial charge in [-0.1, -0.05) is 0 Å². The molecule has 2 aliphatic heterocycles. The molecule has 2 aliphatic rings. The predicted octanol–water partition coefficient (Wildman–Crippen LogP) is 3.63. The second kappa shape index (κ2) is 8.35. The average Bonchev–Trinajstić information content (AvgIpc) is 3.19. The molecule has 1 saturated heterocycles. The first kappa shape index (κ1) is 21.2. The van der Waals surface area contributed by atoms with Crippen LogP contribution in [0.1, 0.15) is 15.9 Å². The topological polar surface area (TPSA) is 60.8 Å². The number of carbonyl (C=O) groups excluding carboxylic acids is 2. The number of likely N-dealkylation sites (tertiary alicyclic amines) is 1.